The maximum Gasteiger partial charge on any atom is 0.265 e. The van der Waals surface area contributed by atoms with Gasteiger partial charge < -0.3 is 14.2 Å². The van der Waals surface area contributed by atoms with Crippen LogP contribution in [0, 0.1) is 0 Å². The van der Waals surface area contributed by atoms with Crippen molar-refractivity contribution in [2.75, 3.05) is 33.5 Å². The number of nitrogens with zero attached hydrogens (tertiary/aromatic N) is 1. The van der Waals surface area contributed by atoms with Crippen molar-refractivity contribution in [2.24, 2.45) is 0 Å². The zero-order valence-corrected chi connectivity index (χ0v) is 19.0. The molecular weight excluding hydrogens is 474 g/mol. The van der Waals surface area contributed by atoms with E-state index in [4.69, 9.17) is 26.4 Å². The SMILES string of the molecule is CN1C(=O)C(=Cc2cc(Br)ccc2OCCOCCOc2ccccc2)SC1=S. The molecule has 1 heterocycles. The van der Waals surface area contributed by atoms with Crippen LogP contribution < -0.4 is 9.47 Å². The van der Waals surface area contributed by atoms with Crippen LogP contribution in [0.15, 0.2) is 57.9 Å². The molecule has 0 aromatic heterocycles. The number of carbonyl (C=O) groups excluding carboxylic acids is 1. The van der Waals surface area contributed by atoms with E-state index in [0.29, 0.717) is 41.4 Å². The number of rotatable bonds is 9. The second-order valence-electron chi connectivity index (χ2n) is 6.05. The topological polar surface area (TPSA) is 48.0 Å². The number of hydrogen-bond donors (Lipinski definition) is 0. The van der Waals surface area contributed by atoms with E-state index in [1.165, 1.54) is 16.7 Å². The van der Waals surface area contributed by atoms with Gasteiger partial charge in [-0.1, -0.05) is 58.1 Å². The molecule has 0 radical (unpaired) electrons. The third-order valence-electron chi connectivity index (χ3n) is 3.97. The van der Waals surface area contributed by atoms with Crippen LogP contribution in [-0.4, -0.2) is 48.6 Å². The molecule has 5 nitrogen and oxygen atoms in total. The van der Waals surface area contributed by atoms with Crippen LogP contribution in [0.25, 0.3) is 6.08 Å². The number of thiocarbonyl (C=S) groups is 1. The number of amides is 1. The Balaban J connectivity index is 1.48. The van der Waals surface area contributed by atoms with Crippen LogP contribution in [0.3, 0.4) is 0 Å². The van der Waals surface area contributed by atoms with Gasteiger partial charge >= 0.3 is 0 Å². The van der Waals surface area contributed by atoms with Crippen molar-refractivity contribution in [1.29, 1.82) is 0 Å². The molecule has 0 N–H and O–H groups in total. The van der Waals surface area contributed by atoms with Gasteiger partial charge in [0.15, 0.2) is 0 Å². The molecule has 1 saturated heterocycles. The molecule has 0 spiro atoms. The Hall–Kier alpha value is -1.87. The van der Waals surface area contributed by atoms with E-state index in [1.807, 2.05) is 48.5 Å². The van der Waals surface area contributed by atoms with Crippen molar-refractivity contribution >= 4 is 56.2 Å². The fourth-order valence-electron chi connectivity index (χ4n) is 2.50. The molecule has 0 atom stereocenters. The quantitative estimate of drug-likeness (QED) is 0.285. The normalized spacial score (nSPS) is 15.2. The minimum atomic E-state index is -0.104. The molecule has 0 saturated carbocycles. The van der Waals surface area contributed by atoms with Crippen molar-refractivity contribution in [3.63, 3.8) is 0 Å². The summed E-state index contributed by atoms with van der Waals surface area (Å²) in [6.45, 7) is 1.78. The highest BCUT2D eigenvalue weighted by molar-refractivity contribution is 9.10. The Morgan fingerprint density at radius 2 is 1.79 bits per heavy atom. The van der Waals surface area contributed by atoms with Gasteiger partial charge in [0, 0.05) is 17.1 Å². The van der Waals surface area contributed by atoms with Crippen molar-refractivity contribution in [3.05, 3.63) is 63.5 Å². The summed E-state index contributed by atoms with van der Waals surface area (Å²) >= 11 is 9.93. The standard InChI is InChI=1S/C21H20BrNO4S2/c1-23-20(24)19(29-21(23)28)14-15-13-16(22)7-8-18(15)27-12-10-25-9-11-26-17-5-3-2-4-6-17/h2-8,13-14H,9-12H2,1H3. The molecule has 1 aliphatic rings. The molecule has 0 aliphatic carbocycles. The lowest BCUT2D eigenvalue weighted by Crippen LogP contribution is -2.22. The molecule has 2 aromatic rings. The molecule has 1 aliphatic heterocycles. The maximum atomic E-state index is 12.2. The molecule has 1 fully saturated rings. The first-order valence-corrected chi connectivity index (χ1v) is 11.0. The summed E-state index contributed by atoms with van der Waals surface area (Å²) in [5, 5.41) is 0. The van der Waals surface area contributed by atoms with Crippen LogP contribution in [0.5, 0.6) is 11.5 Å². The van der Waals surface area contributed by atoms with E-state index in [1.54, 1.807) is 13.1 Å². The predicted octanol–water partition coefficient (Wildman–Crippen LogP) is 4.75. The highest BCUT2D eigenvalue weighted by atomic mass is 79.9. The first kappa shape index (κ1) is 21.8. The molecule has 2 aromatic carbocycles. The van der Waals surface area contributed by atoms with Crippen LogP contribution >= 0.6 is 39.9 Å². The average molecular weight is 494 g/mol. The molecule has 152 valence electrons. The Bertz CT molecular complexity index is 905. The summed E-state index contributed by atoms with van der Waals surface area (Å²) in [6, 6.07) is 15.3. The lowest BCUT2D eigenvalue weighted by Gasteiger charge is -2.11. The number of carbonyl (C=O) groups is 1. The average Bonchev–Trinajstić information content (AvgIpc) is 2.96. The number of hydrogen-bond acceptors (Lipinski definition) is 6. The predicted molar refractivity (Wildman–Crippen MR) is 123 cm³/mol. The van der Waals surface area contributed by atoms with Crippen LogP contribution in [0.2, 0.25) is 0 Å². The van der Waals surface area contributed by atoms with Crippen LogP contribution in [-0.2, 0) is 9.53 Å². The summed E-state index contributed by atoms with van der Waals surface area (Å²) in [4.78, 5) is 14.3. The second kappa shape index (κ2) is 10.8. The van der Waals surface area contributed by atoms with E-state index < -0.39 is 0 Å². The Kier molecular flexibility index (Phi) is 8.11. The lowest BCUT2D eigenvalue weighted by molar-refractivity contribution is -0.121. The summed E-state index contributed by atoms with van der Waals surface area (Å²) in [5.74, 6) is 1.40. The van der Waals surface area contributed by atoms with Gasteiger partial charge in [0.1, 0.15) is 29.0 Å². The van der Waals surface area contributed by atoms with Crippen LogP contribution in [0.4, 0.5) is 0 Å². The Morgan fingerprint density at radius 1 is 1.07 bits per heavy atom. The second-order valence-corrected chi connectivity index (χ2v) is 8.64. The zero-order valence-electron chi connectivity index (χ0n) is 15.8. The monoisotopic (exact) mass is 493 g/mol. The third kappa shape index (κ3) is 6.30. The number of thioether (sulfide) groups is 1. The van der Waals surface area contributed by atoms with Gasteiger partial charge in [-0.25, -0.2) is 0 Å². The third-order valence-corrected chi connectivity index (χ3v) is 5.95. The van der Waals surface area contributed by atoms with E-state index in [0.717, 1.165) is 15.8 Å². The lowest BCUT2D eigenvalue weighted by atomic mass is 10.2. The van der Waals surface area contributed by atoms with Gasteiger partial charge in [-0.15, -0.1) is 0 Å². The van der Waals surface area contributed by atoms with Crippen molar-refractivity contribution in [1.82, 2.24) is 4.90 Å². The van der Waals surface area contributed by atoms with E-state index in [2.05, 4.69) is 15.9 Å². The number of halogens is 1. The molecule has 1 amide bonds. The molecule has 0 bridgehead atoms. The van der Waals surface area contributed by atoms with Gasteiger partial charge in [0.05, 0.1) is 18.1 Å². The number of ether oxygens (including phenoxy) is 3. The first-order chi connectivity index (χ1) is 14.0. The number of para-hydroxylation sites is 1. The Labute approximate surface area is 188 Å². The zero-order chi connectivity index (χ0) is 20.6. The Morgan fingerprint density at radius 3 is 2.48 bits per heavy atom. The molecule has 0 unspecified atom stereocenters. The van der Waals surface area contributed by atoms with E-state index in [9.17, 15) is 4.79 Å². The van der Waals surface area contributed by atoms with Gasteiger partial charge in [0.2, 0.25) is 0 Å². The number of benzene rings is 2. The highest BCUT2D eigenvalue weighted by Crippen LogP contribution is 2.34. The van der Waals surface area contributed by atoms with E-state index in [-0.39, 0.29) is 5.91 Å². The fourth-order valence-corrected chi connectivity index (χ4v) is 4.05. The maximum absolute atomic E-state index is 12.2. The van der Waals surface area contributed by atoms with Gasteiger partial charge in [-0.2, -0.15) is 0 Å². The smallest absolute Gasteiger partial charge is 0.265 e. The summed E-state index contributed by atoms with van der Waals surface area (Å²) < 4.78 is 18.4. The molecular formula is C21H20BrNO4S2. The van der Waals surface area contributed by atoms with Gasteiger partial charge in [-0.05, 0) is 36.4 Å². The van der Waals surface area contributed by atoms with Crippen molar-refractivity contribution < 1.29 is 19.0 Å². The van der Waals surface area contributed by atoms with Gasteiger partial charge in [-0.3, -0.25) is 9.69 Å². The molecule has 29 heavy (non-hydrogen) atoms. The summed E-state index contributed by atoms with van der Waals surface area (Å²) in [7, 11) is 1.68. The van der Waals surface area contributed by atoms with Crippen LogP contribution in [0.1, 0.15) is 5.56 Å². The minimum absolute atomic E-state index is 0.104. The molecule has 3 rings (SSSR count). The van der Waals surface area contributed by atoms with Crippen molar-refractivity contribution in [2.45, 2.75) is 0 Å². The largest absolute Gasteiger partial charge is 0.491 e. The minimum Gasteiger partial charge on any atom is -0.491 e. The van der Waals surface area contributed by atoms with Gasteiger partial charge in [0.25, 0.3) is 5.91 Å². The molecule has 8 heteroatoms. The summed E-state index contributed by atoms with van der Waals surface area (Å²) in [6.07, 6.45) is 1.80. The first-order valence-electron chi connectivity index (χ1n) is 8.94. The number of likely N-dealkylation sites (N-methyl/N-ethyl adjacent to an activating group) is 1. The van der Waals surface area contributed by atoms with Crippen molar-refractivity contribution in [3.8, 4) is 11.5 Å². The summed E-state index contributed by atoms with van der Waals surface area (Å²) in [5.41, 5.74) is 0.806. The highest BCUT2D eigenvalue weighted by Gasteiger charge is 2.28. The van der Waals surface area contributed by atoms with E-state index >= 15 is 0 Å². The fraction of sp³-hybridized carbons (Fsp3) is 0.238.